The van der Waals surface area contributed by atoms with Crippen LogP contribution in [0.5, 0.6) is 5.75 Å². The molecule has 0 aliphatic carbocycles. The molecule has 0 aliphatic rings. The fraction of sp³-hybridized carbons (Fsp3) is 0.263. The van der Waals surface area contributed by atoms with Crippen LogP contribution in [0.1, 0.15) is 35.7 Å². The van der Waals surface area contributed by atoms with Crippen LogP contribution in [0.4, 0.5) is 5.69 Å². The SMILES string of the molecule is COC(=O)c1ccc(NC(=O)COc2ccc(C(C)C)cc2Br)cc1. The topological polar surface area (TPSA) is 64.6 Å². The maximum absolute atomic E-state index is 12.0. The van der Waals surface area contributed by atoms with E-state index >= 15 is 0 Å². The van der Waals surface area contributed by atoms with E-state index in [0.29, 0.717) is 22.9 Å². The van der Waals surface area contributed by atoms with Gasteiger partial charge in [0.05, 0.1) is 17.1 Å². The number of nitrogens with one attached hydrogen (secondary N) is 1. The Morgan fingerprint density at radius 2 is 1.80 bits per heavy atom. The number of carbonyl (C=O) groups is 2. The molecular formula is C19H20BrNO4. The molecule has 25 heavy (non-hydrogen) atoms. The molecule has 0 saturated carbocycles. The first-order chi connectivity index (χ1) is 11.9. The summed E-state index contributed by atoms with van der Waals surface area (Å²) in [6.07, 6.45) is 0. The van der Waals surface area contributed by atoms with Crippen LogP contribution < -0.4 is 10.1 Å². The van der Waals surface area contributed by atoms with Crippen molar-refractivity contribution < 1.29 is 19.1 Å². The minimum absolute atomic E-state index is 0.113. The average molecular weight is 406 g/mol. The van der Waals surface area contributed by atoms with Crippen molar-refractivity contribution in [2.24, 2.45) is 0 Å². The number of carbonyl (C=O) groups excluding carboxylic acids is 2. The molecule has 5 nitrogen and oxygen atoms in total. The number of methoxy groups -OCH3 is 1. The highest BCUT2D eigenvalue weighted by atomic mass is 79.9. The first kappa shape index (κ1) is 19.0. The molecule has 0 bridgehead atoms. The lowest BCUT2D eigenvalue weighted by Gasteiger charge is -2.11. The van der Waals surface area contributed by atoms with Crippen molar-refractivity contribution in [2.45, 2.75) is 19.8 Å². The Hall–Kier alpha value is -2.34. The van der Waals surface area contributed by atoms with Crippen LogP contribution in [0.15, 0.2) is 46.9 Å². The average Bonchev–Trinajstić information content (AvgIpc) is 2.60. The second kappa shape index (κ2) is 8.67. The number of ether oxygens (including phenoxy) is 2. The number of benzene rings is 2. The zero-order valence-electron chi connectivity index (χ0n) is 14.3. The summed E-state index contributed by atoms with van der Waals surface area (Å²) in [6, 6.07) is 12.3. The number of hydrogen-bond donors (Lipinski definition) is 1. The third kappa shape index (κ3) is 5.32. The summed E-state index contributed by atoms with van der Waals surface area (Å²) in [5.74, 6) is 0.323. The fourth-order valence-corrected chi connectivity index (χ4v) is 2.65. The predicted octanol–water partition coefficient (Wildman–Crippen LogP) is 4.38. The Labute approximate surface area is 155 Å². The zero-order valence-corrected chi connectivity index (χ0v) is 15.9. The standard InChI is InChI=1S/C19H20BrNO4/c1-12(2)14-6-9-17(16(20)10-14)25-11-18(22)21-15-7-4-13(5-8-15)19(23)24-3/h4-10,12H,11H2,1-3H3,(H,21,22). The maximum Gasteiger partial charge on any atom is 0.337 e. The van der Waals surface area contributed by atoms with Crippen molar-refractivity contribution in [3.8, 4) is 5.75 Å². The van der Waals surface area contributed by atoms with Crippen molar-refractivity contribution in [1.29, 1.82) is 0 Å². The molecule has 0 heterocycles. The van der Waals surface area contributed by atoms with Crippen molar-refractivity contribution in [1.82, 2.24) is 0 Å². The van der Waals surface area contributed by atoms with E-state index in [0.717, 1.165) is 4.47 Å². The summed E-state index contributed by atoms with van der Waals surface area (Å²) in [4.78, 5) is 23.4. The van der Waals surface area contributed by atoms with E-state index in [4.69, 9.17) is 4.74 Å². The van der Waals surface area contributed by atoms with Crippen LogP contribution in [-0.4, -0.2) is 25.6 Å². The van der Waals surface area contributed by atoms with Crippen LogP contribution in [0.25, 0.3) is 0 Å². The highest BCUT2D eigenvalue weighted by Crippen LogP contribution is 2.28. The van der Waals surface area contributed by atoms with Crippen LogP contribution >= 0.6 is 15.9 Å². The second-order valence-corrected chi connectivity index (χ2v) is 6.60. The number of anilines is 1. The van der Waals surface area contributed by atoms with Crippen LogP contribution in [0.2, 0.25) is 0 Å². The molecule has 2 aromatic carbocycles. The quantitative estimate of drug-likeness (QED) is 0.724. The summed E-state index contributed by atoms with van der Waals surface area (Å²) >= 11 is 3.46. The van der Waals surface area contributed by atoms with Crippen molar-refractivity contribution in [2.75, 3.05) is 19.0 Å². The van der Waals surface area contributed by atoms with E-state index in [1.165, 1.54) is 12.7 Å². The van der Waals surface area contributed by atoms with Gasteiger partial charge in [0.1, 0.15) is 5.75 Å². The van der Waals surface area contributed by atoms with Gasteiger partial charge in [-0.05, 0) is 63.8 Å². The van der Waals surface area contributed by atoms with Gasteiger partial charge in [0.15, 0.2) is 6.61 Å². The van der Waals surface area contributed by atoms with E-state index in [-0.39, 0.29) is 12.5 Å². The summed E-state index contributed by atoms with van der Waals surface area (Å²) in [6.45, 7) is 4.11. The first-order valence-corrected chi connectivity index (χ1v) is 8.60. The molecule has 0 atom stereocenters. The number of esters is 1. The lowest BCUT2D eigenvalue weighted by molar-refractivity contribution is -0.118. The Balaban J connectivity index is 1.91. The highest BCUT2D eigenvalue weighted by molar-refractivity contribution is 9.10. The predicted molar refractivity (Wildman–Crippen MR) is 100 cm³/mol. The van der Waals surface area contributed by atoms with Gasteiger partial charge in [0.25, 0.3) is 5.91 Å². The van der Waals surface area contributed by atoms with Crippen molar-refractivity contribution in [3.63, 3.8) is 0 Å². The second-order valence-electron chi connectivity index (χ2n) is 5.75. The summed E-state index contributed by atoms with van der Waals surface area (Å²) < 4.78 is 11.0. The van der Waals surface area contributed by atoms with Crippen molar-refractivity contribution >= 4 is 33.5 Å². The van der Waals surface area contributed by atoms with Gasteiger partial charge in [-0.3, -0.25) is 4.79 Å². The molecule has 0 radical (unpaired) electrons. The number of rotatable bonds is 6. The Morgan fingerprint density at radius 1 is 1.12 bits per heavy atom. The van der Waals surface area contributed by atoms with Gasteiger partial charge in [0.2, 0.25) is 0 Å². The first-order valence-electron chi connectivity index (χ1n) is 7.81. The molecule has 0 unspecified atom stereocenters. The molecule has 0 aliphatic heterocycles. The van der Waals surface area contributed by atoms with Crippen molar-refractivity contribution in [3.05, 3.63) is 58.1 Å². The monoisotopic (exact) mass is 405 g/mol. The number of amides is 1. The van der Waals surface area contributed by atoms with Gasteiger partial charge in [-0.1, -0.05) is 19.9 Å². The molecule has 1 N–H and O–H groups in total. The third-order valence-corrected chi connectivity index (χ3v) is 4.19. The number of hydrogen-bond acceptors (Lipinski definition) is 4. The van der Waals surface area contributed by atoms with Gasteiger partial charge in [0, 0.05) is 5.69 Å². The Bertz CT molecular complexity index is 757. The fourth-order valence-electron chi connectivity index (χ4n) is 2.14. The van der Waals surface area contributed by atoms with E-state index in [2.05, 4.69) is 39.8 Å². The normalized spacial score (nSPS) is 10.4. The van der Waals surface area contributed by atoms with Gasteiger partial charge >= 0.3 is 5.97 Å². The molecule has 0 fully saturated rings. The van der Waals surface area contributed by atoms with E-state index in [9.17, 15) is 9.59 Å². The molecule has 0 spiro atoms. The van der Waals surface area contributed by atoms with Crippen LogP contribution in [0.3, 0.4) is 0 Å². The van der Waals surface area contributed by atoms with Crippen LogP contribution in [-0.2, 0) is 9.53 Å². The Morgan fingerprint density at radius 3 is 2.36 bits per heavy atom. The van der Waals surface area contributed by atoms with Gasteiger partial charge in [-0.15, -0.1) is 0 Å². The molecule has 6 heteroatoms. The molecule has 0 saturated heterocycles. The lowest BCUT2D eigenvalue weighted by Crippen LogP contribution is -2.20. The van der Waals surface area contributed by atoms with Gasteiger partial charge in [-0.25, -0.2) is 4.79 Å². The minimum Gasteiger partial charge on any atom is -0.483 e. The molecule has 2 rings (SSSR count). The highest BCUT2D eigenvalue weighted by Gasteiger charge is 2.09. The van der Waals surface area contributed by atoms with E-state index < -0.39 is 5.97 Å². The maximum atomic E-state index is 12.0. The minimum atomic E-state index is -0.420. The van der Waals surface area contributed by atoms with Gasteiger partial charge < -0.3 is 14.8 Å². The molecule has 1 amide bonds. The summed E-state index contributed by atoms with van der Waals surface area (Å²) in [7, 11) is 1.32. The lowest BCUT2D eigenvalue weighted by atomic mass is 10.0. The molecular weight excluding hydrogens is 386 g/mol. The zero-order chi connectivity index (χ0) is 18.4. The molecule has 0 aromatic heterocycles. The molecule has 132 valence electrons. The van der Waals surface area contributed by atoms with Crippen LogP contribution in [0, 0.1) is 0 Å². The number of halogens is 1. The third-order valence-electron chi connectivity index (χ3n) is 3.57. The summed E-state index contributed by atoms with van der Waals surface area (Å²) in [5.41, 5.74) is 2.19. The van der Waals surface area contributed by atoms with E-state index in [1.54, 1.807) is 24.3 Å². The smallest absolute Gasteiger partial charge is 0.337 e. The summed E-state index contributed by atoms with van der Waals surface area (Å²) in [5, 5.41) is 2.71. The Kier molecular flexibility index (Phi) is 6.58. The molecule has 2 aromatic rings. The largest absolute Gasteiger partial charge is 0.483 e. The van der Waals surface area contributed by atoms with Gasteiger partial charge in [-0.2, -0.15) is 0 Å². The van der Waals surface area contributed by atoms with E-state index in [1.807, 2.05) is 18.2 Å².